The first-order valence-corrected chi connectivity index (χ1v) is 12.9. The highest BCUT2D eigenvalue weighted by Crippen LogP contribution is 2.33. The molecule has 0 amide bonds. The van der Waals surface area contributed by atoms with Crippen molar-refractivity contribution in [1.29, 1.82) is 0 Å². The summed E-state index contributed by atoms with van der Waals surface area (Å²) in [5.41, 5.74) is 0.683. The second-order valence-electron chi connectivity index (χ2n) is 9.29. The standard InChI is InChI=1S/C27H43NO4/c1-2-3-4-5-6-7-8-9-10-11-12-13-14-15-16-17-21-28-23-20-18-19-22-24(23)26(30)27(31,32)25(22)29/h18-20,28,31-32H,2-17,21H2,1H3. The van der Waals surface area contributed by atoms with Crippen molar-refractivity contribution in [3.05, 3.63) is 29.3 Å². The number of ketones is 2. The molecule has 0 radical (unpaired) electrons. The van der Waals surface area contributed by atoms with Gasteiger partial charge in [-0.1, -0.05) is 115 Å². The van der Waals surface area contributed by atoms with Gasteiger partial charge in [-0.05, 0) is 12.5 Å². The number of aliphatic hydroxyl groups is 2. The summed E-state index contributed by atoms with van der Waals surface area (Å²) < 4.78 is 0. The van der Waals surface area contributed by atoms with E-state index < -0.39 is 17.4 Å². The third-order valence-corrected chi connectivity index (χ3v) is 6.52. The van der Waals surface area contributed by atoms with Crippen molar-refractivity contribution in [3.8, 4) is 0 Å². The van der Waals surface area contributed by atoms with Crippen molar-refractivity contribution < 1.29 is 19.8 Å². The SMILES string of the molecule is CCCCCCCCCCCCCCCCCCNc1cccc2c1C(=O)C(O)(O)C2=O. The molecule has 0 aliphatic heterocycles. The van der Waals surface area contributed by atoms with Gasteiger partial charge >= 0.3 is 0 Å². The number of nitrogens with one attached hydrogen (secondary N) is 1. The second-order valence-corrected chi connectivity index (χ2v) is 9.29. The maximum Gasteiger partial charge on any atom is 0.295 e. The molecule has 0 saturated carbocycles. The molecule has 180 valence electrons. The number of unbranched alkanes of at least 4 members (excludes halogenated alkanes) is 15. The Morgan fingerprint density at radius 2 is 1.16 bits per heavy atom. The number of Topliss-reactive ketones (excluding diaryl/α,β-unsaturated/α-hetero) is 2. The smallest absolute Gasteiger partial charge is 0.295 e. The molecule has 1 aliphatic carbocycles. The Bertz CT molecular complexity index is 714. The highest BCUT2D eigenvalue weighted by molar-refractivity contribution is 6.32. The van der Waals surface area contributed by atoms with E-state index in [9.17, 15) is 19.8 Å². The van der Waals surface area contributed by atoms with E-state index in [1.165, 1.54) is 96.0 Å². The number of hydrogen-bond acceptors (Lipinski definition) is 5. The van der Waals surface area contributed by atoms with Crippen molar-refractivity contribution in [2.24, 2.45) is 0 Å². The fourth-order valence-electron chi connectivity index (χ4n) is 4.49. The zero-order chi connectivity index (χ0) is 23.2. The Labute approximate surface area is 194 Å². The number of carbonyl (C=O) groups excluding carboxylic acids is 2. The van der Waals surface area contributed by atoms with Gasteiger partial charge in [0.15, 0.2) is 0 Å². The molecule has 0 bridgehead atoms. The van der Waals surface area contributed by atoms with Gasteiger partial charge in [-0.25, -0.2) is 0 Å². The van der Waals surface area contributed by atoms with E-state index in [-0.39, 0.29) is 11.1 Å². The second kappa shape index (κ2) is 14.4. The van der Waals surface area contributed by atoms with Crippen molar-refractivity contribution in [2.45, 2.75) is 115 Å². The lowest BCUT2D eigenvalue weighted by atomic mass is 10.0. The summed E-state index contributed by atoms with van der Waals surface area (Å²) >= 11 is 0. The number of rotatable bonds is 18. The summed E-state index contributed by atoms with van der Waals surface area (Å²) in [6.07, 6.45) is 21.1. The average molecular weight is 446 g/mol. The van der Waals surface area contributed by atoms with Crippen LogP contribution in [0.1, 0.15) is 130 Å². The van der Waals surface area contributed by atoms with Crippen molar-refractivity contribution in [1.82, 2.24) is 0 Å². The predicted molar refractivity (Wildman–Crippen MR) is 130 cm³/mol. The van der Waals surface area contributed by atoms with E-state index in [1.54, 1.807) is 12.1 Å². The molecule has 0 heterocycles. The fourth-order valence-corrected chi connectivity index (χ4v) is 4.49. The largest absolute Gasteiger partial charge is 0.384 e. The minimum absolute atomic E-state index is 0.0805. The zero-order valence-corrected chi connectivity index (χ0v) is 20.0. The van der Waals surface area contributed by atoms with Gasteiger partial charge in [-0.2, -0.15) is 0 Å². The molecular formula is C27H43NO4. The van der Waals surface area contributed by atoms with Gasteiger partial charge in [-0.15, -0.1) is 0 Å². The molecule has 0 fully saturated rings. The lowest BCUT2D eigenvalue weighted by Crippen LogP contribution is -2.40. The maximum absolute atomic E-state index is 12.2. The van der Waals surface area contributed by atoms with Crippen molar-refractivity contribution in [3.63, 3.8) is 0 Å². The van der Waals surface area contributed by atoms with E-state index in [1.807, 2.05) is 0 Å². The van der Waals surface area contributed by atoms with E-state index >= 15 is 0 Å². The van der Waals surface area contributed by atoms with Gasteiger partial charge in [0, 0.05) is 17.8 Å². The Balaban J connectivity index is 1.45. The molecule has 3 N–H and O–H groups in total. The minimum Gasteiger partial charge on any atom is -0.384 e. The molecule has 0 aromatic heterocycles. The molecule has 0 unspecified atom stereocenters. The third kappa shape index (κ3) is 8.00. The first kappa shape index (κ1) is 26.5. The van der Waals surface area contributed by atoms with Crippen LogP contribution in [0.25, 0.3) is 0 Å². The van der Waals surface area contributed by atoms with E-state index in [4.69, 9.17) is 0 Å². The van der Waals surface area contributed by atoms with Gasteiger partial charge in [0.1, 0.15) is 0 Å². The lowest BCUT2D eigenvalue weighted by molar-refractivity contribution is -0.0857. The molecule has 5 heteroatoms. The number of anilines is 1. The van der Waals surface area contributed by atoms with Crippen LogP contribution in [-0.4, -0.2) is 34.1 Å². The number of carbonyl (C=O) groups is 2. The van der Waals surface area contributed by atoms with Gasteiger partial charge in [0.25, 0.3) is 5.79 Å². The molecule has 32 heavy (non-hydrogen) atoms. The van der Waals surface area contributed by atoms with Gasteiger partial charge < -0.3 is 15.5 Å². The molecule has 1 aromatic carbocycles. The van der Waals surface area contributed by atoms with Crippen LogP contribution in [0.5, 0.6) is 0 Å². The van der Waals surface area contributed by atoms with Crippen LogP contribution in [0, 0.1) is 0 Å². The summed E-state index contributed by atoms with van der Waals surface area (Å²) in [6, 6.07) is 4.82. The molecule has 0 saturated heterocycles. The molecule has 0 atom stereocenters. The maximum atomic E-state index is 12.2. The van der Waals surface area contributed by atoms with Gasteiger partial charge in [-0.3, -0.25) is 9.59 Å². The highest BCUT2D eigenvalue weighted by atomic mass is 16.5. The first-order valence-electron chi connectivity index (χ1n) is 12.9. The number of hydrogen-bond donors (Lipinski definition) is 3. The summed E-state index contributed by atoms with van der Waals surface area (Å²) in [7, 11) is 0. The third-order valence-electron chi connectivity index (χ3n) is 6.52. The summed E-state index contributed by atoms with van der Waals surface area (Å²) in [5.74, 6) is -4.80. The Morgan fingerprint density at radius 1 is 0.688 bits per heavy atom. The van der Waals surface area contributed by atoms with Crippen molar-refractivity contribution >= 4 is 17.3 Å². The van der Waals surface area contributed by atoms with Crippen LogP contribution in [0.3, 0.4) is 0 Å². The highest BCUT2D eigenvalue weighted by Gasteiger charge is 2.51. The van der Waals surface area contributed by atoms with Crippen molar-refractivity contribution in [2.75, 3.05) is 11.9 Å². The Morgan fingerprint density at radius 3 is 1.66 bits per heavy atom. The van der Waals surface area contributed by atoms with Crippen LogP contribution in [0.2, 0.25) is 0 Å². The number of benzene rings is 1. The Kier molecular flexibility index (Phi) is 12.0. The van der Waals surface area contributed by atoms with Crippen LogP contribution < -0.4 is 5.32 Å². The van der Waals surface area contributed by atoms with Crippen LogP contribution >= 0.6 is 0 Å². The van der Waals surface area contributed by atoms with E-state index in [2.05, 4.69) is 12.2 Å². The summed E-state index contributed by atoms with van der Waals surface area (Å²) in [4.78, 5) is 24.1. The Hall–Kier alpha value is -1.72. The molecule has 1 aromatic rings. The van der Waals surface area contributed by atoms with E-state index in [0.29, 0.717) is 12.2 Å². The topological polar surface area (TPSA) is 86.6 Å². The minimum atomic E-state index is -2.92. The molecule has 5 nitrogen and oxygen atoms in total. The number of fused-ring (bicyclic) bond motifs is 1. The normalized spacial score (nSPS) is 14.7. The van der Waals surface area contributed by atoms with Gasteiger partial charge in [0.05, 0.1) is 5.56 Å². The monoisotopic (exact) mass is 445 g/mol. The van der Waals surface area contributed by atoms with Gasteiger partial charge in [0.2, 0.25) is 11.6 Å². The quantitative estimate of drug-likeness (QED) is 0.138. The molecule has 0 spiro atoms. The predicted octanol–water partition coefficient (Wildman–Crippen LogP) is 6.42. The lowest BCUT2D eigenvalue weighted by Gasteiger charge is -2.11. The molecular weight excluding hydrogens is 402 g/mol. The van der Waals surface area contributed by atoms with Crippen LogP contribution in [0.15, 0.2) is 18.2 Å². The average Bonchev–Trinajstić information content (AvgIpc) is 2.96. The molecule has 1 aliphatic rings. The van der Waals surface area contributed by atoms with E-state index in [0.717, 1.165) is 12.8 Å². The molecule has 2 rings (SSSR count). The van der Waals surface area contributed by atoms with Crippen LogP contribution in [0.4, 0.5) is 5.69 Å². The fraction of sp³-hybridized carbons (Fsp3) is 0.704. The summed E-state index contributed by atoms with van der Waals surface area (Å²) in [6.45, 7) is 2.96. The summed E-state index contributed by atoms with van der Waals surface area (Å²) in [5, 5.41) is 22.6. The zero-order valence-electron chi connectivity index (χ0n) is 20.0. The first-order chi connectivity index (χ1) is 15.5. The van der Waals surface area contributed by atoms with Crippen LogP contribution in [-0.2, 0) is 0 Å².